The maximum Gasteiger partial charge on any atom is 0.223 e. The summed E-state index contributed by atoms with van der Waals surface area (Å²) in [5.74, 6) is 1.70. The number of aryl methyl sites for hydroxylation is 2. The van der Waals surface area contributed by atoms with Crippen molar-refractivity contribution < 1.29 is 4.79 Å². The Hall–Kier alpha value is -2.24. The summed E-state index contributed by atoms with van der Waals surface area (Å²) >= 11 is 0. The Morgan fingerprint density at radius 3 is 3.14 bits per heavy atom. The van der Waals surface area contributed by atoms with E-state index in [1.165, 1.54) is 0 Å². The number of pyridine rings is 1. The first-order valence-corrected chi connectivity index (χ1v) is 7.31. The summed E-state index contributed by atoms with van der Waals surface area (Å²) in [5, 5.41) is 7.06. The van der Waals surface area contributed by atoms with E-state index in [-0.39, 0.29) is 11.9 Å². The number of rotatable bonds is 4. The number of nitrogens with one attached hydrogen (secondary N) is 1. The number of H-pyrrole nitrogens is 1. The molecule has 0 aromatic carbocycles. The molecule has 0 unspecified atom stereocenters. The molecule has 1 fully saturated rings. The van der Waals surface area contributed by atoms with E-state index in [1.54, 1.807) is 6.20 Å². The highest BCUT2D eigenvalue weighted by atomic mass is 16.2. The zero-order valence-electron chi connectivity index (χ0n) is 12.1. The Bertz CT molecular complexity index is 610. The van der Waals surface area contributed by atoms with Crippen LogP contribution < -0.4 is 0 Å². The topological polar surface area (TPSA) is 74.8 Å². The van der Waals surface area contributed by atoms with Crippen molar-refractivity contribution >= 4 is 5.91 Å². The molecule has 0 radical (unpaired) electrons. The molecule has 0 bridgehead atoms. The molecule has 1 aliphatic rings. The number of likely N-dealkylation sites (tertiary alicyclic amines) is 1. The Kier molecular flexibility index (Phi) is 3.94. The molecule has 2 aromatic rings. The first-order valence-electron chi connectivity index (χ1n) is 7.31. The van der Waals surface area contributed by atoms with Crippen LogP contribution in [0.3, 0.4) is 0 Å². The van der Waals surface area contributed by atoms with Gasteiger partial charge in [-0.3, -0.25) is 14.9 Å². The summed E-state index contributed by atoms with van der Waals surface area (Å²) in [4.78, 5) is 22.8. The summed E-state index contributed by atoms with van der Waals surface area (Å²) in [6.45, 7) is 2.67. The number of hydrogen-bond donors (Lipinski definition) is 1. The van der Waals surface area contributed by atoms with E-state index >= 15 is 0 Å². The SMILES string of the molecule is Cc1nc([C@H]2CCCN2C(=O)CCc2cccnc2)n[nH]1. The summed E-state index contributed by atoms with van der Waals surface area (Å²) in [6.07, 6.45) is 6.74. The molecule has 2 aromatic heterocycles. The van der Waals surface area contributed by atoms with Gasteiger partial charge in [-0.15, -0.1) is 0 Å². The van der Waals surface area contributed by atoms with E-state index in [0.717, 1.165) is 43.0 Å². The molecule has 0 saturated carbocycles. The zero-order valence-corrected chi connectivity index (χ0v) is 12.1. The van der Waals surface area contributed by atoms with Crippen LogP contribution in [0.1, 0.15) is 42.5 Å². The Morgan fingerprint density at radius 2 is 2.43 bits per heavy atom. The van der Waals surface area contributed by atoms with Crippen LogP contribution in [-0.2, 0) is 11.2 Å². The third kappa shape index (κ3) is 3.09. The summed E-state index contributed by atoms with van der Waals surface area (Å²) in [6, 6.07) is 3.92. The van der Waals surface area contributed by atoms with Crippen LogP contribution in [0.4, 0.5) is 0 Å². The van der Waals surface area contributed by atoms with Crippen molar-refractivity contribution in [1.82, 2.24) is 25.1 Å². The lowest BCUT2D eigenvalue weighted by molar-refractivity contribution is -0.132. The average Bonchev–Trinajstić information content (AvgIpc) is 3.14. The number of amides is 1. The second-order valence-electron chi connectivity index (χ2n) is 5.39. The van der Waals surface area contributed by atoms with Gasteiger partial charge in [-0.25, -0.2) is 4.98 Å². The quantitative estimate of drug-likeness (QED) is 0.929. The predicted octanol–water partition coefficient (Wildman–Crippen LogP) is 1.80. The third-order valence-corrected chi connectivity index (χ3v) is 3.84. The largest absolute Gasteiger partial charge is 0.332 e. The van der Waals surface area contributed by atoms with Gasteiger partial charge in [0, 0.05) is 25.4 Å². The lowest BCUT2D eigenvalue weighted by Gasteiger charge is -2.22. The van der Waals surface area contributed by atoms with Gasteiger partial charge in [-0.1, -0.05) is 6.07 Å². The molecule has 110 valence electrons. The highest BCUT2D eigenvalue weighted by Crippen LogP contribution is 2.30. The van der Waals surface area contributed by atoms with Crippen LogP contribution >= 0.6 is 0 Å². The van der Waals surface area contributed by atoms with Crippen LogP contribution in [0.15, 0.2) is 24.5 Å². The minimum Gasteiger partial charge on any atom is -0.332 e. The maximum absolute atomic E-state index is 12.4. The number of carbonyl (C=O) groups is 1. The fourth-order valence-corrected chi connectivity index (χ4v) is 2.78. The average molecular weight is 285 g/mol. The van der Waals surface area contributed by atoms with Crippen LogP contribution in [0.5, 0.6) is 0 Å². The molecule has 21 heavy (non-hydrogen) atoms. The standard InChI is InChI=1S/C15H19N5O/c1-11-17-15(19-18-11)13-5-3-9-20(13)14(21)7-6-12-4-2-8-16-10-12/h2,4,8,10,13H,3,5-7,9H2,1H3,(H,17,18,19)/t13-/m1/s1. The van der Waals surface area contributed by atoms with Gasteiger partial charge >= 0.3 is 0 Å². The van der Waals surface area contributed by atoms with Gasteiger partial charge in [0.25, 0.3) is 0 Å². The minimum atomic E-state index is 0.0244. The number of aromatic amines is 1. The third-order valence-electron chi connectivity index (χ3n) is 3.84. The molecular weight excluding hydrogens is 266 g/mol. The van der Waals surface area contributed by atoms with Crippen molar-refractivity contribution in [3.63, 3.8) is 0 Å². The molecule has 0 spiro atoms. The second-order valence-corrected chi connectivity index (χ2v) is 5.39. The van der Waals surface area contributed by atoms with Crippen molar-refractivity contribution in [1.29, 1.82) is 0 Å². The molecular formula is C15H19N5O. The fourth-order valence-electron chi connectivity index (χ4n) is 2.78. The highest BCUT2D eigenvalue weighted by molar-refractivity contribution is 5.77. The number of hydrogen-bond acceptors (Lipinski definition) is 4. The lowest BCUT2D eigenvalue weighted by atomic mass is 10.1. The molecule has 1 atom stereocenters. The first kappa shape index (κ1) is 13.7. The first-order chi connectivity index (χ1) is 10.2. The van der Waals surface area contributed by atoms with Crippen LogP contribution in [0, 0.1) is 6.92 Å². The second kappa shape index (κ2) is 6.03. The van der Waals surface area contributed by atoms with Crippen molar-refractivity contribution in [2.75, 3.05) is 6.54 Å². The lowest BCUT2D eigenvalue weighted by Crippen LogP contribution is -2.31. The Balaban J connectivity index is 1.63. The van der Waals surface area contributed by atoms with E-state index in [0.29, 0.717) is 6.42 Å². The number of nitrogens with zero attached hydrogens (tertiary/aromatic N) is 4. The van der Waals surface area contributed by atoms with Gasteiger partial charge in [0.2, 0.25) is 5.91 Å². The summed E-state index contributed by atoms with van der Waals surface area (Å²) < 4.78 is 0. The molecule has 6 heteroatoms. The van der Waals surface area contributed by atoms with E-state index in [2.05, 4.69) is 20.2 Å². The predicted molar refractivity (Wildman–Crippen MR) is 77.4 cm³/mol. The van der Waals surface area contributed by atoms with Crippen LogP contribution in [-0.4, -0.2) is 37.5 Å². The van der Waals surface area contributed by atoms with Gasteiger partial charge < -0.3 is 4.90 Å². The van der Waals surface area contributed by atoms with Crippen molar-refractivity contribution in [2.24, 2.45) is 0 Å². The van der Waals surface area contributed by atoms with E-state index in [4.69, 9.17) is 0 Å². The summed E-state index contributed by atoms with van der Waals surface area (Å²) in [7, 11) is 0. The van der Waals surface area contributed by atoms with Gasteiger partial charge in [0.15, 0.2) is 5.82 Å². The molecule has 0 aliphatic carbocycles. The summed E-state index contributed by atoms with van der Waals surface area (Å²) in [5.41, 5.74) is 1.09. The van der Waals surface area contributed by atoms with E-state index in [9.17, 15) is 4.79 Å². The van der Waals surface area contributed by atoms with Gasteiger partial charge in [-0.2, -0.15) is 5.10 Å². The molecule has 3 heterocycles. The number of aromatic nitrogens is 4. The zero-order chi connectivity index (χ0) is 14.7. The Labute approximate surface area is 123 Å². The number of carbonyl (C=O) groups excluding carboxylic acids is 1. The minimum absolute atomic E-state index is 0.0244. The van der Waals surface area contributed by atoms with Crippen molar-refractivity contribution in [2.45, 2.75) is 38.6 Å². The Morgan fingerprint density at radius 1 is 1.52 bits per heavy atom. The maximum atomic E-state index is 12.4. The molecule has 6 nitrogen and oxygen atoms in total. The van der Waals surface area contributed by atoms with Crippen molar-refractivity contribution in [3.8, 4) is 0 Å². The molecule has 1 saturated heterocycles. The van der Waals surface area contributed by atoms with Gasteiger partial charge in [-0.05, 0) is 37.8 Å². The molecule has 1 amide bonds. The highest BCUT2D eigenvalue weighted by Gasteiger charge is 2.32. The normalized spacial score (nSPS) is 18.1. The smallest absolute Gasteiger partial charge is 0.223 e. The fraction of sp³-hybridized carbons (Fsp3) is 0.467. The molecule has 1 N–H and O–H groups in total. The monoisotopic (exact) mass is 285 g/mol. The molecule has 1 aliphatic heterocycles. The van der Waals surface area contributed by atoms with E-state index in [1.807, 2.05) is 30.2 Å². The van der Waals surface area contributed by atoms with Crippen molar-refractivity contribution in [3.05, 3.63) is 41.7 Å². The van der Waals surface area contributed by atoms with Crippen LogP contribution in [0.25, 0.3) is 0 Å². The van der Waals surface area contributed by atoms with Crippen LogP contribution in [0.2, 0.25) is 0 Å². The van der Waals surface area contributed by atoms with Gasteiger partial charge in [0.05, 0.1) is 6.04 Å². The molecule has 3 rings (SSSR count). The van der Waals surface area contributed by atoms with Gasteiger partial charge in [0.1, 0.15) is 5.82 Å². The van der Waals surface area contributed by atoms with E-state index < -0.39 is 0 Å².